The van der Waals surface area contributed by atoms with E-state index >= 15 is 4.39 Å². The molecule has 0 spiro atoms. The standard InChI is InChI=1S/C33H26FN5O5/c1-38-18-21(17-36-38)20-13-25(33(41)39(19-20)23-7-5-4-6-8-23)32(40)37-22-9-10-29(26(34)14-22)44-28-11-12-35-27-16-31(43-3)30(42-2)15-24(27)28/h4-19H,1-3H3,(H,37,40). The number of ether oxygens (including phenoxy) is 3. The van der Waals surface area contributed by atoms with Gasteiger partial charge < -0.3 is 19.5 Å². The Morgan fingerprint density at radius 2 is 1.64 bits per heavy atom. The fourth-order valence-corrected chi connectivity index (χ4v) is 4.77. The molecule has 0 saturated carbocycles. The number of carbonyl (C=O) groups is 1. The number of hydrogen-bond acceptors (Lipinski definition) is 7. The van der Waals surface area contributed by atoms with Gasteiger partial charge in [-0.2, -0.15) is 5.10 Å². The van der Waals surface area contributed by atoms with Crippen molar-refractivity contribution in [1.29, 1.82) is 0 Å². The molecule has 0 radical (unpaired) electrons. The van der Waals surface area contributed by atoms with Crippen LogP contribution in [0.15, 0.2) is 102 Å². The Morgan fingerprint density at radius 1 is 0.864 bits per heavy atom. The zero-order chi connectivity index (χ0) is 30.8. The highest BCUT2D eigenvalue weighted by molar-refractivity contribution is 6.04. The first-order chi connectivity index (χ1) is 21.3. The van der Waals surface area contributed by atoms with Gasteiger partial charge in [0.1, 0.15) is 11.3 Å². The van der Waals surface area contributed by atoms with E-state index in [1.807, 2.05) is 6.07 Å². The zero-order valence-corrected chi connectivity index (χ0v) is 23.9. The van der Waals surface area contributed by atoms with Crippen LogP contribution in [0.1, 0.15) is 10.4 Å². The van der Waals surface area contributed by atoms with E-state index in [-0.39, 0.29) is 17.0 Å². The van der Waals surface area contributed by atoms with Crippen molar-refractivity contribution in [3.8, 4) is 39.8 Å². The van der Waals surface area contributed by atoms with E-state index in [1.54, 1.807) is 72.8 Å². The number of nitrogens with zero attached hydrogens (tertiary/aromatic N) is 4. The second-order valence-electron chi connectivity index (χ2n) is 9.79. The van der Waals surface area contributed by atoms with Crippen LogP contribution in [-0.4, -0.2) is 39.5 Å². The van der Waals surface area contributed by atoms with Crippen LogP contribution in [0.2, 0.25) is 0 Å². The number of nitrogens with one attached hydrogen (secondary N) is 1. The molecule has 0 unspecified atom stereocenters. The highest BCUT2D eigenvalue weighted by atomic mass is 19.1. The monoisotopic (exact) mass is 591 g/mol. The number of carbonyl (C=O) groups excluding carboxylic acids is 1. The lowest BCUT2D eigenvalue weighted by atomic mass is 10.1. The Balaban J connectivity index is 1.30. The summed E-state index contributed by atoms with van der Waals surface area (Å²) in [6.45, 7) is 0. The minimum atomic E-state index is -0.723. The molecule has 0 fully saturated rings. The van der Waals surface area contributed by atoms with Gasteiger partial charge in [0.15, 0.2) is 23.1 Å². The first kappa shape index (κ1) is 28.2. The normalized spacial score (nSPS) is 10.9. The molecule has 0 atom stereocenters. The maximum absolute atomic E-state index is 15.3. The molecule has 10 nitrogen and oxygen atoms in total. The number of amides is 1. The van der Waals surface area contributed by atoms with Crippen molar-refractivity contribution >= 4 is 22.5 Å². The van der Waals surface area contributed by atoms with Crippen molar-refractivity contribution < 1.29 is 23.4 Å². The van der Waals surface area contributed by atoms with Crippen molar-refractivity contribution in [2.45, 2.75) is 0 Å². The summed E-state index contributed by atoms with van der Waals surface area (Å²) in [5, 5.41) is 7.43. The average molecular weight is 592 g/mol. The first-order valence-corrected chi connectivity index (χ1v) is 13.4. The van der Waals surface area contributed by atoms with E-state index < -0.39 is 17.3 Å². The highest BCUT2D eigenvalue weighted by Gasteiger charge is 2.19. The number of aromatic nitrogens is 4. The average Bonchev–Trinajstić information content (AvgIpc) is 3.48. The third-order valence-corrected chi connectivity index (χ3v) is 6.95. The molecular weight excluding hydrogens is 565 g/mol. The van der Waals surface area contributed by atoms with Crippen LogP contribution >= 0.6 is 0 Å². The number of fused-ring (bicyclic) bond motifs is 1. The number of hydrogen-bond donors (Lipinski definition) is 1. The predicted molar refractivity (Wildman–Crippen MR) is 164 cm³/mol. The van der Waals surface area contributed by atoms with Gasteiger partial charge in [-0.25, -0.2) is 4.39 Å². The van der Waals surface area contributed by atoms with Crippen LogP contribution < -0.4 is 25.1 Å². The molecule has 0 aliphatic carbocycles. The molecule has 3 heterocycles. The van der Waals surface area contributed by atoms with Crippen molar-refractivity contribution in [2.75, 3.05) is 19.5 Å². The van der Waals surface area contributed by atoms with Gasteiger partial charge in [-0.05, 0) is 42.5 Å². The fourth-order valence-electron chi connectivity index (χ4n) is 4.77. The Bertz CT molecular complexity index is 2070. The second-order valence-corrected chi connectivity index (χ2v) is 9.79. The molecule has 6 rings (SSSR count). The van der Waals surface area contributed by atoms with E-state index in [0.29, 0.717) is 39.4 Å². The molecule has 44 heavy (non-hydrogen) atoms. The molecule has 0 saturated heterocycles. The Morgan fingerprint density at radius 3 is 2.34 bits per heavy atom. The van der Waals surface area contributed by atoms with Crippen LogP contribution in [0.4, 0.5) is 10.1 Å². The quantitative estimate of drug-likeness (QED) is 0.232. The maximum Gasteiger partial charge on any atom is 0.267 e. The number of methoxy groups -OCH3 is 2. The summed E-state index contributed by atoms with van der Waals surface area (Å²) < 4.78 is 35.0. The van der Waals surface area contributed by atoms with Gasteiger partial charge in [-0.15, -0.1) is 0 Å². The number of aryl methyl sites for hydroxylation is 1. The second kappa shape index (κ2) is 11.7. The van der Waals surface area contributed by atoms with Crippen LogP contribution in [-0.2, 0) is 7.05 Å². The number of rotatable bonds is 8. The van der Waals surface area contributed by atoms with Gasteiger partial charge in [0.2, 0.25) is 0 Å². The highest BCUT2D eigenvalue weighted by Crippen LogP contribution is 2.37. The van der Waals surface area contributed by atoms with Crippen LogP contribution in [0.3, 0.4) is 0 Å². The van der Waals surface area contributed by atoms with Crippen LogP contribution in [0.25, 0.3) is 27.7 Å². The Hall–Kier alpha value is -5.97. The summed E-state index contributed by atoms with van der Waals surface area (Å²) >= 11 is 0. The summed E-state index contributed by atoms with van der Waals surface area (Å²) in [5.41, 5.74) is 1.98. The molecule has 0 aliphatic heterocycles. The minimum absolute atomic E-state index is 0.0738. The zero-order valence-electron chi connectivity index (χ0n) is 23.9. The molecule has 0 bridgehead atoms. The summed E-state index contributed by atoms with van der Waals surface area (Å²) in [4.78, 5) is 31.2. The molecule has 1 N–H and O–H groups in total. The smallest absolute Gasteiger partial charge is 0.267 e. The van der Waals surface area contributed by atoms with Gasteiger partial charge in [-0.1, -0.05) is 18.2 Å². The third-order valence-electron chi connectivity index (χ3n) is 6.95. The lowest BCUT2D eigenvalue weighted by Crippen LogP contribution is -2.28. The maximum atomic E-state index is 15.3. The topological polar surface area (TPSA) is 110 Å². The molecule has 220 valence electrons. The van der Waals surface area contributed by atoms with Crippen LogP contribution in [0, 0.1) is 5.82 Å². The van der Waals surface area contributed by atoms with Crippen molar-refractivity contribution in [3.63, 3.8) is 0 Å². The third kappa shape index (κ3) is 5.45. The summed E-state index contributed by atoms with van der Waals surface area (Å²) in [6, 6.07) is 19.5. The van der Waals surface area contributed by atoms with Gasteiger partial charge in [0, 0.05) is 65.7 Å². The summed E-state index contributed by atoms with van der Waals surface area (Å²) in [5.74, 6) is -0.179. The minimum Gasteiger partial charge on any atom is -0.493 e. The van der Waals surface area contributed by atoms with Gasteiger partial charge in [0.25, 0.3) is 11.5 Å². The van der Waals surface area contributed by atoms with Crippen LogP contribution in [0.5, 0.6) is 23.0 Å². The van der Waals surface area contributed by atoms with Gasteiger partial charge in [-0.3, -0.25) is 23.8 Å². The number of benzene rings is 3. The molecular formula is C33H26FN5O5. The SMILES string of the molecule is COc1cc2nccc(Oc3ccc(NC(=O)c4cc(-c5cnn(C)c5)cn(-c5ccccc5)c4=O)cc3F)c2cc1OC. The number of para-hydroxylation sites is 1. The van der Waals surface area contributed by atoms with E-state index in [9.17, 15) is 9.59 Å². The van der Waals surface area contributed by atoms with Crippen molar-refractivity contribution in [3.05, 3.63) is 119 Å². The fraction of sp³-hybridized carbons (Fsp3) is 0.0909. The van der Waals surface area contributed by atoms with E-state index in [4.69, 9.17) is 14.2 Å². The lowest BCUT2D eigenvalue weighted by Gasteiger charge is -2.14. The summed E-state index contributed by atoms with van der Waals surface area (Å²) in [6.07, 6.45) is 6.62. The van der Waals surface area contributed by atoms with Gasteiger partial charge in [0.05, 0.1) is 25.9 Å². The number of anilines is 1. The van der Waals surface area contributed by atoms with E-state index in [1.165, 1.54) is 43.2 Å². The largest absolute Gasteiger partial charge is 0.493 e. The Kier molecular flexibility index (Phi) is 7.51. The molecule has 6 aromatic rings. The lowest BCUT2D eigenvalue weighted by molar-refractivity contribution is 0.102. The molecule has 1 amide bonds. The molecule has 3 aromatic carbocycles. The first-order valence-electron chi connectivity index (χ1n) is 13.4. The van der Waals surface area contributed by atoms with Gasteiger partial charge >= 0.3 is 0 Å². The van der Waals surface area contributed by atoms with Crippen molar-refractivity contribution in [1.82, 2.24) is 19.3 Å². The molecule has 3 aromatic heterocycles. The van der Waals surface area contributed by atoms with E-state index in [2.05, 4.69) is 15.4 Å². The molecule has 0 aliphatic rings. The van der Waals surface area contributed by atoms with Crippen molar-refractivity contribution in [2.24, 2.45) is 7.05 Å². The Labute approximate surface area is 250 Å². The predicted octanol–water partition coefficient (Wildman–Crippen LogP) is 5.99. The summed E-state index contributed by atoms with van der Waals surface area (Å²) in [7, 11) is 4.81. The number of pyridine rings is 2. The van der Waals surface area contributed by atoms with E-state index in [0.717, 1.165) is 11.6 Å². The molecule has 11 heteroatoms. The number of halogens is 1.